The van der Waals surface area contributed by atoms with Crippen molar-refractivity contribution in [3.8, 4) is 0 Å². The first-order valence-electron chi connectivity index (χ1n) is 26.2. The smallest absolute Gasteiger partial charge is 0.253 e. The fourth-order valence-electron chi connectivity index (χ4n) is 8.57. The van der Waals surface area contributed by atoms with Gasteiger partial charge in [-0.05, 0) is 55.8 Å². The lowest BCUT2D eigenvalue weighted by Crippen LogP contribution is -2.58. The SMILES string of the molecule is CCC(C)C1NC(=O)CNC(=O)CNC(=O)C([C@@H](C)C(O)CO)NC(=O)C2CCCN2CC(CC(=O)NCc2ccc(NC(=O)C(C)NC(=O)C(NC(=O)CCN3C(=O)C=CC3=O)C(C)C)cc2)NC(=O)CNC(=O)CNC1=O. The van der Waals surface area contributed by atoms with E-state index in [2.05, 4.69) is 58.5 Å². The first-order chi connectivity index (χ1) is 37.4. The molecule has 0 bridgehead atoms. The Bertz CT molecular complexity index is 2440. The maximum atomic E-state index is 14.0. The molecule has 79 heavy (non-hydrogen) atoms. The number of carbonyl (C=O) groups is 13. The number of carbonyl (C=O) groups excluding carboxylic acids is 13. The van der Waals surface area contributed by atoms with Crippen molar-refractivity contribution in [3.63, 3.8) is 0 Å². The lowest BCUT2D eigenvalue weighted by molar-refractivity contribution is -0.138. The molecule has 1 aromatic rings. The highest BCUT2D eigenvalue weighted by Crippen LogP contribution is 2.20. The van der Waals surface area contributed by atoms with Crippen LogP contribution in [0.15, 0.2) is 36.4 Å². The van der Waals surface area contributed by atoms with E-state index in [0.717, 1.165) is 17.1 Å². The summed E-state index contributed by atoms with van der Waals surface area (Å²) in [4.78, 5) is 171. The molecule has 28 nitrogen and oxygen atoms in total. The Morgan fingerprint density at radius 1 is 0.696 bits per heavy atom. The third kappa shape index (κ3) is 20.2. The summed E-state index contributed by atoms with van der Waals surface area (Å²) in [7, 11) is 0. The molecule has 28 heteroatoms. The first kappa shape index (κ1) is 63.7. The second-order valence-electron chi connectivity index (χ2n) is 20.0. The van der Waals surface area contributed by atoms with Crippen molar-refractivity contribution in [3.05, 3.63) is 42.0 Å². The number of fused-ring (bicyclic) bond motifs is 1. The number of nitrogens with zero attached hydrogens (tertiary/aromatic N) is 2. The van der Waals surface area contributed by atoms with Crippen LogP contribution in [-0.4, -0.2) is 192 Å². The Morgan fingerprint density at radius 3 is 1.86 bits per heavy atom. The van der Waals surface area contributed by atoms with E-state index in [1.807, 2.05) is 0 Å². The van der Waals surface area contributed by atoms with Gasteiger partial charge in [0.1, 0.15) is 24.2 Å². The molecule has 434 valence electrons. The minimum atomic E-state index is -1.47. The maximum absolute atomic E-state index is 14.0. The van der Waals surface area contributed by atoms with Gasteiger partial charge in [0.25, 0.3) is 11.8 Å². The molecular formula is C51H75N13O15. The summed E-state index contributed by atoms with van der Waals surface area (Å²) < 4.78 is 0. The Kier molecular flexibility index (Phi) is 24.9. The highest BCUT2D eigenvalue weighted by molar-refractivity contribution is 6.13. The van der Waals surface area contributed by atoms with Gasteiger partial charge in [-0.3, -0.25) is 72.1 Å². The van der Waals surface area contributed by atoms with Crippen molar-refractivity contribution >= 4 is 82.5 Å². The fourth-order valence-corrected chi connectivity index (χ4v) is 8.57. The van der Waals surface area contributed by atoms with E-state index in [1.165, 1.54) is 13.8 Å². The van der Waals surface area contributed by atoms with Crippen LogP contribution in [0.3, 0.4) is 0 Å². The zero-order chi connectivity index (χ0) is 58.5. The van der Waals surface area contributed by atoms with Gasteiger partial charge in [0.2, 0.25) is 65.0 Å². The van der Waals surface area contributed by atoms with Crippen LogP contribution in [0.1, 0.15) is 79.2 Å². The predicted octanol–water partition coefficient (Wildman–Crippen LogP) is -4.98. The van der Waals surface area contributed by atoms with E-state index in [1.54, 1.807) is 56.9 Å². The molecule has 8 unspecified atom stereocenters. The van der Waals surface area contributed by atoms with E-state index in [0.29, 0.717) is 30.6 Å². The van der Waals surface area contributed by atoms with Crippen LogP contribution in [0.4, 0.5) is 5.69 Å². The van der Waals surface area contributed by atoms with Crippen molar-refractivity contribution in [2.75, 3.05) is 57.7 Å². The Labute approximate surface area is 456 Å². The summed E-state index contributed by atoms with van der Waals surface area (Å²) in [6, 6.07) is -0.193. The molecule has 0 saturated carbocycles. The zero-order valence-corrected chi connectivity index (χ0v) is 45.2. The van der Waals surface area contributed by atoms with Gasteiger partial charge >= 0.3 is 0 Å². The standard InChI is InChI=1S/C51H75N13O15/c1-7-28(4)45-49(77)55-21-38(69)53-23-40(71)58-33(25-63-17-8-9-34(63)48(76)62-46(29(5)35(66)26-65)50(78)56-22-39(70)54-24-41(72)61-45)19-37(68)52-20-31-10-12-32(13-11-31)59-47(75)30(6)57-51(79)44(27(2)3)60-36(67)16-18-64-42(73)14-15-43(64)74/h10-15,27-30,33-35,44-46,65-66H,7-9,16-26H2,1-6H3,(H,52,68)(H,53,69)(H,54,70)(H,55,77)(H,56,78)(H,57,79)(H,58,71)(H,59,75)(H,60,67)(H,61,72)(H,62,76)/t28?,29-,30?,33?,34?,35?,44?,45?,46?/m0/s1. The first-order valence-corrected chi connectivity index (χ1v) is 26.2. The summed E-state index contributed by atoms with van der Waals surface area (Å²) in [6.07, 6.45) is 1.37. The van der Waals surface area contributed by atoms with Gasteiger partial charge in [0.05, 0.1) is 51.0 Å². The number of anilines is 1. The van der Waals surface area contributed by atoms with E-state index in [9.17, 15) is 72.5 Å². The van der Waals surface area contributed by atoms with Crippen molar-refractivity contribution < 1.29 is 72.5 Å². The second-order valence-corrected chi connectivity index (χ2v) is 20.0. The van der Waals surface area contributed by atoms with Crippen LogP contribution in [0.2, 0.25) is 0 Å². The van der Waals surface area contributed by atoms with Gasteiger partial charge in [0.15, 0.2) is 0 Å². The van der Waals surface area contributed by atoms with Crippen molar-refractivity contribution in [1.82, 2.24) is 63.0 Å². The van der Waals surface area contributed by atoms with Crippen LogP contribution >= 0.6 is 0 Å². The molecule has 0 spiro atoms. The van der Waals surface area contributed by atoms with E-state index in [4.69, 9.17) is 0 Å². The van der Waals surface area contributed by atoms with Crippen LogP contribution in [0, 0.1) is 17.8 Å². The molecule has 4 rings (SSSR count). The number of hydrogen-bond donors (Lipinski definition) is 13. The van der Waals surface area contributed by atoms with Gasteiger partial charge in [-0.2, -0.15) is 0 Å². The average molecular weight is 1110 g/mol. The molecule has 3 heterocycles. The Balaban J connectivity index is 1.42. The molecular weight excluding hydrogens is 1030 g/mol. The van der Waals surface area contributed by atoms with Crippen LogP contribution in [-0.2, 0) is 68.9 Å². The minimum absolute atomic E-state index is 0.00882. The number of rotatable bonds is 18. The Morgan fingerprint density at radius 2 is 1.28 bits per heavy atom. The molecule has 9 atom stereocenters. The van der Waals surface area contributed by atoms with Crippen LogP contribution < -0.4 is 58.5 Å². The minimum Gasteiger partial charge on any atom is -0.394 e. The largest absolute Gasteiger partial charge is 0.394 e. The third-order valence-electron chi connectivity index (χ3n) is 13.6. The van der Waals surface area contributed by atoms with Gasteiger partial charge in [-0.15, -0.1) is 0 Å². The molecule has 3 aliphatic heterocycles. The molecule has 2 fully saturated rings. The molecule has 13 amide bonds. The highest BCUT2D eigenvalue weighted by Gasteiger charge is 2.38. The van der Waals surface area contributed by atoms with Gasteiger partial charge in [-0.1, -0.05) is 53.2 Å². The molecule has 1 aromatic carbocycles. The summed E-state index contributed by atoms with van der Waals surface area (Å²) in [5, 5.41) is 48.4. The van der Waals surface area contributed by atoms with Crippen molar-refractivity contribution in [2.45, 2.75) is 123 Å². The van der Waals surface area contributed by atoms with Gasteiger partial charge in [-0.25, -0.2) is 0 Å². The lowest BCUT2D eigenvalue weighted by Gasteiger charge is -2.32. The van der Waals surface area contributed by atoms with E-state index in [-0.39, 0.29) is 38.9 Å². The summed E-state index contributed by atoms with van der Waals surface area (Å²) in [6.45, 7) is 6.61. The van der Waals surface area contributed by atoms with Gasteiger partial charge < -0.3 is 68.7 Å². The molecule has 13 N–H and O–H groups in total. The average Bonchev–Trinajstić information content (AvgIpc) is 4.03. The second kappa shape index (κ2) is 30.9. The predicted molar refractivity (Wildman–Crippen MR) is 281 cm³/mol. The van der Waals surface area contributed by atoms with E-state index >= 15 is 0 Å². The van der Waals surface area contributed by atoms with Gasteiger partial charge in [0, 0.05) is 56.2 Å². The normalized spacial score (nSPS) is 22.4. The highest BCUT2D eigenvalue weighted by atomic mass is 16.3. The maximum Gasteiger partial charge on any atom is 0.253 e. The number of imide groups is 1. The molecule has 2 saturated heterocycles. The topological polar surface area (TPSA) is 401 Å². The molecule has 3 aliphatic rings. The van der Waals surface area contributed by atoms with Crippen LogP contribution in [0.25, 0.3) is 0 Å². The molecule has 0 radical (unpaired) electrons. The van der Waals surface area contributed by atoms with E-state index < -0.39 is 170 Å². The monoisotopic (exact) mass is 1110 g/mol. The number of benzene rings is 1. The van der Waals surface area contributed by atoms with Crippen molar-refractivity contribution in [1.29, 1.82) is 0 Å². The summed E-state index contributed by atoms with van der Waals surface area (Å²) in [5.74, 6) is -10.6. The number of aliphatic hydroxyl groups excluding tert-OH is 2. The van der Waals surface area contributed by atoms with Crippen LogP contribution in [0.5, 0.6) is 0 Å². The number of hydrogen-bond acceptors (Lipinski definition) is 16. The summed E-state index contributed by atoms with van der Waals surface area (Å²) >= 11 is 0. The number of amides is 13. The quantitative estimate of drug-likeness (QED) is 0.0613. The number of nitrogens with one attached hydrogen (secondary N) is 11. The zero-order valence-electron chi connectivity index (χ0n) is 45.2. The summed E-state index contributed by atoms with van der Waals surface area (Å²) in [5.41, 5.74) is 0.943. The fraction of sp³-hybridized carbons (Fsp3) is 0.588. The number of aliphatic hydroxyl groups is 2. The lowest BCUT2D eigenvalue weighted by atomic mass is 9.94. The molecule has 0 aromatic heterocycles. The van der Waals surface area contributed by atoms with Crippen molar-refractivity contribution in [2.24, 2.45) is 17.8 Å². The third-order valence-corrected chi connectivity index (χ3v) is 13.6. The Hall–Kier alpha value is -7.85. The molecule has 0 aliphatic carbocycles.